The number of phosphoric ester groups is 1. The van der Waals surface area contributed by atoms with Gasteiger partial charge in [0.15, 0.2) is 0 Å². The van der Waals surface area contributed by atoms with Crippen LogP contribution in [0.25, 0.3) is 0 Å². The van der Waals surface area contributed by atoms with E-state index in [1.807, 2.05) is 27.2 Å². The fraction of sp³-hybridized carbons (Fsp3) is 0.667. The first kappa shape index (κ1) is 57.4. The minimum Gasteiger partial charge on any atom is -0.756 e. The molecular weight excluding hydrogens is 768 g/mol. The van der Waals surface area contributed by atoms with Gasteiger partial charge in [-0.3, -0.25) is 9.36 Å². The Labute approximate surface area is 369 Å². The summed E-state index contributed by atoms with van der Waals surface area (Å²) in [5.41, 5.74) is 0. The van der Waals surface area contributed by atoms with E-state index in [0.29, 0.717) is 17.4 Å². The van der Waals surface area contributed by atoms with E-state index in [1.165, 1.54) is 70.6 Å². The van der Waals surface area contributed by atoms with Gasteiger partial charge in [-0.2, -0.15) is 0 Å². The number of hydrogen-bond donors (Lipinski definition) is 2. The quantitative estimate of drug-likeness (QED) is 0.0274. The number of quaternary nitrogens is 1. The van der Waals surface area contributed by atoms with Crippen LogP contribution >= 0.6 is 7.82 Å². The average molecular weight is 857 g/mol. The molecule has 0 saturated heterocycles. The van der Waals surface area contributed by atoms with Crippen molar-refractivity contribution in [1.82, 2.24) is 5.32 Å². The monoisotopic (exact) mass is 857 g/mol. The van der Waals surface area contributed by atoms with Crippen LogP contribution in [0.1, 0.15) is 168 Å². The first-order chi connectivity index (χ1) is 29.0. The van der Waals surface area contributed by atoms with Crippen molar-refractivity contribution in [3.8, 4) is 0 Å². The van der Waals surface area contributed by atoms with Crippen LogP contribution in [-0.4, -0.2) is 68.5 Å². The number of rotatable bonds is 41. The van der Waals surface area contributed by atoms with Crippen LogP contribution in [0.2, 0.25) is 0 Å². The first-order valence-electron chi connectivity index (χ1n) is 23.6. The molecule has 0 saturated carbocycles. The highest BCUT2D eigenvalue weighted by Crippen LogP contribution is 2.38. The van der Waals surface area contributed by atoms with Crippen molar-refractivity contribution < 1.29 is 32.9 Å². The lowest BCUT2D eigenvalue weighted by Gasteiger charge is -2.29. The Morgan fingerprint density at radius 1 is 0.600 bits per heavy atom. The summed E-state index contributed by atoms with van der Waals surface area (Å²) in [6.07, 6.45) is 58.9. The molecule has 0 bridgehead atoms. The summed E-state index contributed by atoms with van der Waals surface area (Å²) in [6, 6.07) is -0.932. The third kappa shape index (κ3) is 43.5. The molecule has 2 N–H and O–H groups in total. The maximum atomic E-state index is 12.9. The topological polar surface area (TPSA) is 108 Å². The molecular formula is C51H89N2O6P. The number of allylic oxidation sites excluding steroid dienone is 15. The smallest absolute Gasteiger partial charge is 0.268 e. The lowest BCUT2D eigenvalue weighted by atomic mass is 10.1. The molecule has 0 aromatic rings. The molecule has 0 aromatic heterocycles. The van der Waals surface area contributed by atoms with E-state index in [4.69, 9.17) is 9.05 Å². The molecule has 0 radical (unpaired) electrons. The molecule has 8 nitrogen and oxygen atoms in total. The van der Waals surface area contributed by atoms with Gasteiger partial charge >= 0.3 is 0 Å². The molecule has 0 aliphatic rings. The van der Waals surface area contributed by atoms with Crippen molar-refractivity contribution in [1.29, 1.82) is 0 Å². The van der Waals surface area contributed by atoms with Crippen molar-refractivity contribution in [2.75, 3.05) is 40.9 Å². The molecule has 344 valence electrons. The number of unbranched alkanes of at least 4 members (excludes halogenated alkanes) is 14. The SMILES string of the molecule is CC/C=C\C/C=C\C/C=C\C/C=C\C/C=C\C/C=C\CCCCC(=O)NC(COP(=O)([O-])OCC[N+](C)(C)C)C(O)/C=C/CC/C=C/CCCCCCCCCCCCC. The van der Waals surface area contributed by atoms with Gasteiger partial charge < -0.3 is 28.8 Å². The highest BCUT2D eigenvalue weighted by molar-refractivity contribution is 7.45. The number of aliphatic hydroxyl groups excluding tert-OH is 1. The molecule has 0 aliphatic heterocycles. The van der Waals surface area contributed by atoms with Gasteiger partial charge in [0.1, 0.15) is 13.2 Å². The van der Waals surface area contributed by atoms with Crippen LogP contribution in [0.5, 0.6) is 0 Å². The van der Waals surface area contributed by atoms with Crippen molar-refractivity contribution in [3.63, 3.8) is 0 Å². The number of carbonyl (C=O) groups is 1. The van der Waals surface area contributed by atoms with E-state index < -0.39 is 26.6 Å². The van der Waals surface area contributed by atoms with E-state index in [9.17, 15) is 19.4 Å². The lowest BCUT2D eigenvalue weighted by molar-refractivity contribution is -0.870. The average Bonchev–Trinajstić information content (AvgIpc) is 3.20. The molecule has 0 rings (SSSR count). The third-order valence-electron chi connectivity index (χ3n) is 9.78. The number of carbonyl (C=O) groups excluding carboxylic acids is 1. The fourth-order valence-corrected chi connectivity index (χ4v) is 6.77. The summed E-state index contributed by atoms with van der Waals surface area (Å²) in [5.74, 6) is -0.254. The van der Waals surface area contributed by atoms with Gasteiger partial charge in [-0.25, -0.2) is 0 Å². The second-order valence-electron chi connectivity index (χ2n) is 16.7. The van der Waals surface area contributed by atoms with Gasteiger partial charge in [0.25, 0.3) is 7.82 Å². The predicted octanol–water partition coefficient (Wildman–Crippen LogP) is 12.9. The van der Waals surface area contributed by atoms with Crippen LogP contribution in [-0.2, 0) is 18.4 Å². The summed E-state index contributed by atoms with van der Waals surface area (Å²) < 4.78 is 23.2. The summed E-state index contributed by atoms with van der Waals surface area (Å²) in [6.45, 7) is 4.45. The molecule has 0 spiro atoms. The Morgan fingerprint density at radius 2 is 1.03 bits per heavy atom. The van der Waals surface area contributed by atoms with Gasteiger partial charge in [-0.1, -0.05) is 175 Å². The first-order valence-corrected chi connectivity index (χ1v) is 25.1. The van der Waals surface area contributed by atoms with E-state index in [2.05, 4.69) is 104 Å². The van der Waals surface area contributed by atoms with E-state index in [0.717, 1.165) is 70.6 Å². The summed E-state index contributed by atoms with van der Waals surface area (Å²) >= 11 is 0. The van der Waals surface area contributed by atoms with E-state index >= 15 is 0 Å². The zero-order chi connectivity index (χ0) is 44.3. The van der Waals surface area contributed by atoms with Gasteiger partial charge in [-0.05, 0) is 83.5 Å². The van der Waals surface area contributed by atoms with E-state index in [-0.39, 0.29) is 18.9 Å². The Bertz CT molecular complexity index is 1290. The van der Waals surface area contributed by atoms with Gasteiger partial charge in [0.05, 0.1) is 39.9 Å². The zero-order valence-electron chi connectivity index (χ0n) is 38.9. The number of aliphatic hydroxyl groups is 1. The molecule has 1 amide bonds. The number of likely N-dealkylation sites (N-methyl/N-ethyl adjacent to an activating group) is 1. The third-order valence-corrected chi connectivity index (χ3v) is 10.7. The molecule has 60 heavy (non-hydrogen) atoms. The fourth-order valence-electron chi connectivity index (χ4n) is 6.05. The normalized spacial score (nSPS) is 15.1. The molecule has 0 heterocycles. The standard InChI is InChI=1S/C51H89N2O6P/c1-6-8-10-12-14-16-18-20-22-24-25-26-27-29-31-33-35-37-39-41-43-45-51(55)52-49(48-59-60(56,57)58-47-46-53(3,4)5)50(54)44-42-40-38-36-34-32-30-28-23-21-19-17-15-13-11-9-7-2/h8,10,14,16,20,22,25-26,29,31,34-37,42,44,49-50,54H,6-7,9,11-13,15,17-19,21,23-24,27-28,30,32-33,38-41,43,45-48H2,1-5H3,(H-,52,55,56,57)/b10-8-,16-14-,22-20-,26-25-,31-29-,36-34+,37-35-,44-42+. The number of nitrogens with one attached hydrogen (secondary N) is 1. The maximum Gasteiger partial charge on any atom is 0.268 e. The van der Waals surface area contributed by atoms with Crippen LogP contribution in [0.3, 0.4) is 0 Å². The summed E-state index contributed by atoms with van der Waals surface area (Å²) in [4.78, 5) is 25.3. The van der Waals surface area contributed by atoms with Crippen molar-refractivity contribution in [2.45, 2.75) is 180 Å². The molecule has 3 atom stereocenters. The second-order valence-corrected chi connectivity index (χ2v) is 18.1. The molecule has 0 fully saturated rings. The minimum atomic E-state index is -4.62. The van der Waals surface area contributed by atoms with Crippen LogP contribution in [0, 0.1) is 0 Å². The highest BCUT2D eigenvalue weighted by atomic mass is 31.2. The van der Waals surface area contributed by atoms with Gasteiger partial charge in [0.2, 0.25) is 5.91 Å². The number of amides is 1. The summed E-state index contributed by atoms with van der Waals surface area (Å²) in [5, 5.41) is 13.8. The maximum absolute atomic E-state index is 12.9. The highest BCUT2D eigenvalue weighted by Gasteiger charge is 2.23. The molecule has 9 heteroatoms. The number of nitrogens with zero attached hydrogens (tertiary/aromatic N) is 1. The van der Waals surface area contributed by atoms with Crippen molar-refractivity contribution >= 4 is 13.7 Å². The Hall–Kier alpha value is -2.58. The Balaban J connectivity index is 4.55. The summed E-state index contributed by atoms with van der Waals surface area (Å²) in [7, 11) is 1.20. The predicted molar refractivity (Wildman–Crippen MR) is 256 cm³/mol. The Kier molecular flexibility index (Phi) is 40.0. The van der Waals surface area contributed by atoms with Gasteiger partial charge in [0, 0.05) is 6.42 Å². The zero-order valence-corrected chi connectivity index (χ0v) is 39.8. The number of phosphoric acid groups is 1. The van der Waals surface area contributed by atoms with Crippen molar-refractivity contribution in [3.05, 3.63) is 97.2 Å². The molecule has 3 unspecified atom stereocenters. The van der Waals surface area contributed by atoms with Gasteiger partial charge in [-0.15, -0.1) is 0 Å². The van der Waals surface area contributed by atoms with Crippen molar-refractivity contribution in [2.24, 2.45) is 0 Å². The largest absolute Gasteiger partial charge is 0.756 e. The van der Waals surface area contributed by atoms with Crippen LogP contribution < -0.4 is 10.2 Å². The number of hydrogen-bond acceptors (Lipinski definition) is 6. The Morgan fingerprint density at radius 3 is 1.55 bits per heavy atom. The van der Waals surface area contributed by atoms with Crippen LogP contribution in [0.15, 0.2) is 97.2 Å². The molecule has 0 aromatic carbocycles. The lowest BCUT2D eigenvalue weighted by Crippen LogP contribution is -2.45. The van der Waals surface area contributed by atoms with E-state index in [1.54, 1.807) is 6.08 Å². The second kappa shape index (κ2) is 41.8. The minimum absolute atomic E-state index is 0.0205. The van der Waals surface area contributed by atoms with Crippen LogP contribution in [0.4, 0.5) is 0 Å². The molecule has 0 aliphatic carbocycles.